The lowest BCUT2D eigenvalue weighted by Gasteiger charge is -2.53. The molecule has 5 heteroatoms. The van der Waals surface area contributed by atoms with Gasteiger partial charge in [0, 0.05) is 36.6 Å². The normalized spacial score (nSPS) is 37.4. The zero-order chi connectivity index (χ0) is 19.5. The van der Waals surface area contributed by atoms with Gasteiger partial charge in [-0.1, -0.05) is 6.07 Å². The van der Waals surface area contributed by atoms with Crippen molar-refractivity contribution in [2.75, 3.05) is 39.5 Å². The first-order chi connectivity index (χ1) is 14.2. The molecule has 5 fully saturated rings. The minimum atomic E-state index is 0.365. The van der Waals surface area contributed by atoms with Crippen molar-refractivity contribution in [3.05, 3.63) is 23.8 Å². The molecule has 158 valence electrons. The second-order valence-electron chi connectivity index (χ2n) is 10.1. The Hall–Kier alpha value is -1.30. The molecular formula is C24H35N3O2. The Balaban J connectivity index is 1.29. The van der Waals surface area contributed by atoms with Crippen LogP contribution >= 0.6 is 0 Å². The molecule has 0 N–H and O–H groups in total. The standard InChI is InChI=1S/C24H35N3O2/c1-16(2)25-11-7-19(8-12-25)27-14-20(18-3-4-21-22(13-18)29-15-28-21)24-23(27)17-5-9-26(24)10-6-17/h3-4,13,16-17,19-20,23-24H,5-12,14-15H2,1-2H3/t20-,23+,24+/m0/s1. The van der Waals surface area contributed by atoms with E-state index in [1.165, 1.54) is 64.0 Å². The van der Waals surface area contributed by atoms with Gasteiger partial charge in [0.15, 0.2) is 11.5 Å². The third-order valence-corrected chi connectivity index (χ3v) is 8.55. The first-order valence-electron chi connectivity index (χ1n) is 11.8. The fourth-order valence-electron chi connectivity index (χ4n) is 7.04. The highest BCUT2D eigenvalue weighted by Gasteiger charge is 2.54. The molecule has 6 heterocycles. The molecule has 0 unspecified atom stereocenters. The molecule has 0 radical (unpaired) electrons. The predicted octanol–water partition coefficient (Wildman–Crippen LogP) is 3.15. The molecule has 0 amide bonds. The Kier molecular flexibility index (Phi) is 4.55. The van der Waals surface area contributed by atoms with Gasteiger partial charge in [0.1, 0.15) is 0 Å². The molecule has 5 nitrogen and oxygen atoms in total. The number of rotatable bonds is 3. The van der Waals surface area contributed by atoms with Crippen molar-refractivity contribution >= 4 is 0 Å². The highest BCUT2D eigenvalue weighted by Crippen LogP contribution is 2.49. The third kappa shape index (κ3) is 3.00. The van der Waals surface area contributed by atoms with Crippen LogP contribution in [-0.4, -0.2) is 78.4 Å². The molecule has 7 rings (SSSR count). The van der Waals surface area contributed by atoms with E-state index in [1.54, 1.807) is 0 Å². The number of fused-ring (bicyclic) bond motifs is 3. The van der Waals surface area contributed by atoms with Crippen LogP contribution in [0.1, 0.15) is 51.0 Å². The Morgan fingerprint density at radius 1 is 0.897 bits per heavy atom. The van der Waals surface area contributed by atoms with Gasteiger partial charge in [-0.15, -0.1) is 0 Å². The molecule has 1 aromatic carbocycles. The minimum Gasteiger partial charge on any atom is -0.454 e. The van der Waals surface area contributed by atoms with E-state index in [0.29, 0.717) is 24.8 Å². The number of piperidine rings is 4. The van der Waals surface area contributed by atoms with Gasteiger partial charge in [-0.2, -0.15) is 0 Å². The highest BCUT2D eigenvalue weighted by atomic mass is 16.7. The lowest BCUT2D eigenvalue weighted by molar-refractivity contribution is -0.0285. The van der Waals surface area contributed by atoms with Crippen LogP contribution in [0.5, 0.6) is 11.5 Å². The topological polar surface area (TPSA) is 28.2 Å². The van der Waals surface area contributed by atoms with Gasteiger partial charge in [0.05, 0.1) is 0 Å². The number of likely N-dealkylation sites (tertiary alicyclic amines) is 2. The fraction of sp³-hybridized carbons (Fsp3) is 0.750. The van der Waals surface area contributed by atoms with Crippen LogP contribution in [0.25, 0.3) is 0 Å². The summed E-state index contributed by atoms with van der Waals surface area (Å²) < 4.78 is 11.3. The van der Waals surface area contributed by atoms with Crippen molar-refractivity contribution in [1.82, 2.24) is 14.7 Å². The van der Waals surface area contributed by atoms with Gasteiger partial charge < -0.3 is 14.4 Å². The highest BCUT2D eigenvalue weighted by molar-refractivity contribution is 5.46. The van der Waals surface area contributed by atoms with E-state index in [1.807, 2.05) is 0 Å². The smallest absolute Gasteiger partial charge is 0.231 e. The molecule has 0 aliphatic carbocycles. The number of ether oxygens (including phenoxy) is 2. The molecule has 6 aliphatic rings. The molecule has 3 atom stereocenters. The molecule has 29 heavy (non-hydrogen) atoms. The van der Waals surface area contributed by atoms with Crippen molar-refractivity contribution in [3.8, 4) is 11.5 Å². The third-order valence-electron chi connectivity index (χ3n) is 8.55. The Morgan fingerprint density at radius 2 is 1.66 bits per heavy atom. The summed E-state index contributed by atoms with van der Waals surface area (Å²) in [7, 11) is 0. The molecule has 2 bridgehead atoms. The van der Waals surface area contributed by atoms with Crippen LogP contribution in [0.2, 0.25) is 0 Å². The van der Waals surface area contributed by atoms with Crippen molar-refractivity contribution in [2.45, 2.75) is 69.6 Å². The van der Waals surface area contributed by atoms with Gasteiger partial charge in [-0.05, 0) is 89.3 Å². The molecule has 1 aromatic rings. The van der Waals surface area contributed by atoms with Crippen LogP contribution in [0, 0.1) is 5.92 Å². The van der Waals surface area contributed by atoms with Gasteiger partial charge in [-0.3, -0.25) is 9.80 Å². The Labute approximate surface area is 174 Å². The number of hydrogen-bond acceptors (Lipinski definition) is 5. The maximum Gasteiger partial charge on any atom is 0.231 e. The monoisotopic (exact) mass is 397 g/mol. The van der Waals surface area contributed by atoms with Crippen LogP contribution in [0.3, 0.4) is 0 Å². The zero-order valence-corrected chi connectivity index (χ0v) is 17.9. The molecule has 0 spiro atoms. The molecule has 6 aliphatic heterocycles. The van der Waals surface area contributed by atoms with E-state index < -0.39 is 0 Å². The van der Waals surface area contributed by atoms with Gasteiger partial charge in [0.25, 0.3) is 0 Å². The molecule has 0 saturated carbocycles. The lowest BCUT2D eigenvalue weighted by Crippen LogP contribution is -2.62. The summed E-state index contributed by atoms with van der Waals surface area (Å²) in [6.07, 6.45) is 5.47. The van der Waals surface area contributed by atoms with Crippen molar-refractivity contribution < 1.29 is 9.47 Å². The first-order valence-corrected chi connectivity index (χ1v) is 11.8. The van der Waals surface area contributed by atoms with Crippen molar-refractivity contribution in [3.63, 3.8) is 0 Å². The van der Waals surface area contributed by atoms with Gasteiger partial charge in [-0.25, -0.2) is 0 Å². The second-order valence-corrected chi connectivity index (χ2v) is 10.1. The van der Waals surface area contributed by atoms with Crippen LogP contribution in [0.4, 0.5) is 0 Å². The van der Waals surface area contributed by atoms with Gasteiger partial charge in [0.2, 0.25) is 6.79 Å². The average molecular weight is 398 g/mol. The summed E-state index contributed by atoms with van der Waals surface area (Å²) in [6, 6.07) is 9.60. The lowest BCUT2D eigenvalue weighted by atomic mass is 9.75. The number of nitrogens with zero attached hydrogens (tertiary/aromatic N) is 3. The summed E-state index contributed by atoms with van der Waals surface area (Å²) >= 11 is 0. The van der Waals surface area contributed by atoms with E-state index in [2.05, 4.69) is 46.7 Å². The summed E-state index contributed by atoms with van der Waals surface area (Å²) in [5.41, 5.74) is 1.46. The molecule has 0 aromatic heterocycles. The Bertz CT molecular complexity index is 752. The quantitative estimate of drug-likeness (QED) is 0.781. The number of hydrogen-bond donors (Lipinski definition) is 0. The van der Waals surface area contributed by atoms with Crippen LogP contribution in [-0.2, 0) is 0 Å². The molecule has 5 saturated heterocycles. The second kappa shape index (κ2) is 7.14. The van der Waals surface area contributed by atoms with Crippen LogP contribution in [0.15, 0.2) is 18.2 Å². The summed E-state index contributed by atoms with van der Waals surface area (Å²) in [5, 5.41) is 0. The van der Waals surface area contributed by atoms with E-state index in [4.69, 9.17) is 9.47 Å². The Morgan fingerprint density at radius 3 is 2.41 bits per heavy atom. The summed E-state index contributed by atoms with van der Waals surface area (Å²) in [6.45, 7) is 11.4. The fourth-order valence-corrected chi connectivity index (χ4v) is 7.04. The van der Waals surface area contributed by atoms with E-state index in [-0.39, 0.29) is 0 Å². The largest absolute Gasteiger partial charge is 0.454 e. The average Bonchev–Trinajstić information content (AvgIpc) is 3.40. The van der Waals surface area contributed by atoms with E-state index in [9.17, 15) is 0 Å². The minimum absolute atomic E-state index is 0.365. The van der Waals surface area contributed by atoms with E-state index in [0.717, 1.165) is 29.5 Å². The maximum absolute atomic E-state index is 5.72. The van der Waals surface area contributed by atoms with E-state index >= 15 is 0 Å². The molecular weight excluding hydrogens is 362 g/mol. The van der Waals surface area contributed by atoms with Crippen molar-refractivity contribution in [1.29, 1.82) is 0 Å². The predicted molar refractivity (Wildman–Crippen MR) is 114 cm³/mol. The summed E-state index contributed by atoms with van der Waals surface area (Å²) in [4.78, 5) is 8.45. The SMILES string of the molecule is CC(C)N1CCC(N2C[C@@H](c3ccc4c(c3)OCO4)[C@@H]3[C@H]2C2CCN3CC2)CC1. The maximum atomic E-state index is 5.72. The number of benzene rings is 1. The first kappa shape index (κ1) is 18.5. The van der Waals surface area contributed by atoms with Crippen molar-refractivity contribution in [2.24, 2.45) is 5.92 Å². The van der Waals surface area contributed by atoms with Crippen LogP contribution < -0.4 is 9.47 Å². The summed E-state index contributed by atoms with van der Waals surface area (Å²) in [5.74, 6) is 3.35. The zero-order valence-electron chi connectivity index (χ0n) is 17.9. The van der Waals surface area contributed by atoms with Gasteiger partial charge >= 0.3 is 0 Å².